The molecule has 0 unspecified atom stereocenters. The van der Waals surface area contributed by atoms with E-state index in [0.717, 1.165) is 30.8 Å². The van der Waals surface area contributed by atoms with Gasteiger partial charge >= 0.3 is 0 Å². The zero-order valence-electron chi connectivity index (χ0n) is 8.73. The predicted molar refractivity (Wildman–Crippen MR) is 55.7 cm³/mol. The third-order valence-electron chi connectivity index (χ3n) is 2.42. The van der Waals surface area contributed by atoms with Crippen LogP contribution in [0.5, 0.6) is 0 Å². The fourth-order valence-electron chi connectivity index (χ4n) is 1.56. The number of ether oxygens (including phenoxy) is 2. The molecule has 3 nitrogen and oxygen atoms in total. The highest BCUT2D eigenvalue weighted by atomic mass is 16.7. The van der Waals surface area contributed by atoms with Crippen molar-refractivity contribution in [1.82, 2.24) is 0 Å². The van der Waals surface area contributed by atoms with Crippen molar-refractivity contribution in [3.05, 3.63) is 35.4 Å². The average molecular weight is 206 g/mol. The number of hydrogen-bond acceptors (Lipinski definition) is 3. The Morgan fingerprint density at radius 2 is 1.80 bits per heavy atom. The molecule has 15 heavy (non-hydrogen) atoms. The van der Waals surface area contributed by atoms with Crippen molar-refractivity contribution in [3.63, 3.8) is 0 Å². The molecular formula is C12H14O3. The summed E-state index contributed by atoms with van der Waals surface area (Å²) in [6.07, 6.45) is 0.682. The summed E-state index contributed by atoms with van der Waals surface area (Å²) in [6, 6.07) is 7.37. The van der Waals surface area contributed by atoms with Gasteiger partial charge in [-0.1, -0.05) is 24.3 Å². The Labute approximate surface area is 89.0 Å². The van der Waals surface area contributed by atoms with Gasteiger partial charge in [0.1, 0.15) is 0 Å². The molecule has 1 aromatic rings. The maximum absolute atomic E-state index is 11.1. The topological polar surface area (TPSA) is 35.5 Å². The Balaban J connectivity index is 2.11. The third kappa shape index (κ3) is 2.43. The third-order valence-corrected chi connectivity index (χ3v) is 2.42. The van der Waals surface area contributed by atoms with Gasteiger partial charge < -0.3 is 9.47 Å². The first kappa shape index (κ1) is 10.3. The number of carbonyl (C=O) groups excluding carboxylic acids is 1. The Morgan fingerprint density at radius 1 is 1.20 bits per heavy atom. The first-order valence-electron chi connectivity index (χ1n) is 5.11. The molecule has 0 amide bonds. The van der Waals surface area contributed by atoms with E-state index in [1.165, 1.54) is 0 Å². The van der Waals surface area contributed by atoms with Crippen LogP contribution in [0.3, 0.4) is 0 Å². The number of hydrogen-bond donors (Lipinski definition) is 0. The summed E-state index contributed by atoms with van der Waals surface area (Å²) in [5.74, 6) is 0.0760. The lowest BCUT2D eigenvalue weighted by Gasteiger charge is -2.23. The molecule has 3 heteroatoms. The SMILES string of the molecule is CC(=O)c1ccc(C2OCCCO2)cc1. The van der Waals surface area contributed by atoms with Gasteiger partial charge in [0.05, 0.1) is 13.2 Å². The zero-order valence-corrected chi connectivity index (χ0v) is 8.73. The van der Waals surface area contributed by atoms with E-state index in [0.29, 0.717) is 0 Å². The molecule has 0 radical (unpaired) electrons. The van der Waals surface area contributed by atoms with Gasteiger partial charge in [-0.2, -0.15) is 0 Å². The number of benzene rings is 1. The van der Waals surface area contributed by atoms with Crippen LogP contribution in [0.2, 0.25) is 0 Å². The van der Waals surface area contributed by atoms with Crippen LogP contribution in [0, 0.1) is 0 Å². The minimum atomic E-state index is -0.264. The Kier molecular flexibility index (Phi) is 3.14. The molecule has 1 fully saturated rings. The lowest BCUT2D eigenvalue weighted by molar-refractivity contribution is -0.183. The van der Waals surface area contributed by atoms with E-state index in [4.69, 9.17) is 9.47 Å². The molecule has 0 aliphatic carbocycles. The molecule has 1 saturated heterocycles. The van der Waals surface area contributed by atoms with Gasteiger partial charge in [-0.25, -0.2) is 0 Å². The van der Waals surface area contributed by atoms with E-state index >= 15 is 0 Å². The summed E-state index contributed by atoms with van der Waals surface area (Å²) in [5, 5.41) is 0. The fourth-order valence-corrected chi connectivity index (χ4v) is 1.56. The first-order valence-corrected chi connectivity index (χ1v) is 5.11. The number of ketones is 1. The van der Waals surface area contributed by atoms with Crippen LogP contribution >= 0.6 is 0 Å². The summed E-state index contributed by atoms with van der Waals surface area (Å²) in [7, 11) is 0. The molecule has 1 aromatic carbocycles. The van der Waals surface area contributed by atoms with E-state index in [9.17, 15) is 4.79 Å². The first-order chi connectivity index (χ1) is 7.27. The molecule has 0 spiro atoms. The molecule has 0 N–H and O–H groups in total. The summed E-state index contributed by atoms with van der Waals surface area (Å²) in [6.45, 7) is 3.03. The van der Waals surface area contributed by atoms with Gasteiger partial charge in [0.2, 0.25) is 0 Å². The molecule has 0 aromatic heterocycles. The van der Waals surface area contributed by atoms with Crippen molar-refractivity contribution in [2.45, 2.75) is 19.6 Å². The van der Waals surface area contributed by atoms with Crippen LogP contribution in [-0.2, 0) is 9.47 Å². The predicted octanol–water partition coefficient (Wildman–Crippen LogP) is 2.32. The Morgan fingerprint density at radius 3 is 2.33 bits per heavy atom. The summed E-state index contributed by atoms with van der Waals surface area (Å²) in [4.78, 5) is 11.1. The lowest BCUT2D eigenvalue weighted by Crippen LogP contribution is -2.17. The van der Waals surface area contributed by atoms with Crippen LogP contribution in [-0.4, -0.2) is 19.0 Å². The second-order valence-electron chi connectivity index (χ2n) is 3.61. The highest BCUT2D eigenvalue weighted by Gasteiger charge is 2.16. The van der Waals surface area contributed by atoms with Gasteiger partial charge in [-0.15, -0.1) is 0 Å². The van der Waals surface area contributed by atoms with Crippen LogP contribution in [0.4, 0.5) is 0 Å². The summed E-state index contributed by atoms with van der Waals surface area (Å²) >= 11 is 0. The smallest absolute Gasteiger partial charge is 0.183 e. The second kappa shape index (κ2) is 4.55. The number of carbonyl (C=O) groups is 1. The minimum Gasteiger partial charge on any atom is -0.348 e. The molecule has 1 aliphatic rings. The minimum absolute atomic E-state index is 0.0760. The Hall–Kier alpha value is -1.19. The van der Waals surface area contributed by atoms with Crippen molar-refractivity contribution in [3.8, 4) is 0 Å². The monoisotopic (exact) mass is 206 g/mol. The fraction of sp³-hybridized carbons (Fsp3) is 0.417. The van der Waals surface area contributed by atoms with Crippen LogP contribution < -0.4 is 0 Å². The average Bonchev–Trinajstić information content (AvgIpc) is 2.30. The molecule has 1 aliphatic heterocycles. The van der Waals surface area contributed by atoms with E-state index in [1.54, 1.807) is 19.1 Å². The van der Waals surface area contributed by atoms with Gasteiger partial charge in [0.15, 0.2) is 12.1 Å². The van der Waals surface area contributed by atoms with Crippen LogP contribution in [0.15, 0.2) is 24.3 Å². The maximum atomic E-state index is 11.1. The van der Waals surface area contributed by atoms with Gasteiger partial charge in [0, 0.05) is 11.1 Å². The van der Waals surface area contributed by atoms with E-state index < -0.39 is 0 Å². The molecule has 0 bridgehead atoms. The second-order valence-corrected chi connectivity index (χ2v) is 3.61. The van der Waals surface area contributed by atoms with Gasteiger partial charge in [0.25, 0.3) is 0 Å². The van der Waals surface area contributed by atoms with Crippen molar-refractivity contribution >= 4 is 5.78 Å². The van der Waals surface area contributed by atoms with E-state index in [-0.39, 0.29) is 12.1 Å². The van der Waals surface area contributed by atoms with Crippen molar-refractivity contribution in [2.24, 2.45) is 0 Å². The van der Waals surface area contributed by atoms with Gasteiger partial charge in [-0.05, 0) is 13.3 Å². The highest BCUT2D eigenvalue weighted by molar-refractivity contribution is 5.93. The summed E-state index contributed by atoms with van der Waals surface area (Å²) in [5.41, 5.74) is 1.69. The molecule has 1 heterocycles. The molecule has 0 atom stereocenters. The van der Waals surface area contributed by atoms with Crippen LogP contribution in [0.25, 0.3) is 0 Å². The van der Waals surface area contributed by atoms with Crippen molar-refractivity contribution < 1.29 is 14.3 Å². The van der Waals surface area contributed by atoms with Crippen LogP contribution in [0.1, 0.15) is 35.6 Å². The maximum Gasteiger partial charge on any atom is 0.183 e. The Bertz CT molecular complexity index is 336. The summed E-state index contributed by atoms with van der Waals surface area (Å²) < 4.78 is 10.9. The zero-order chi connectivity index (χ0) is 10.7. The molecule has 80 valence electrons. The largest absolute Gasteiger partial charge is 0.348 e. The van der Waals surface area contributed by atoms with E-state index in [1.807, 2.05) is 12.1 Å². The van der Waals surface area contributed by atoms with E-state index in [2.05, 4.69) is 0 Å². The van der Waals surface area contributed by atoms with Crippen molar-refractivity contribution in [2.75, 3.05) is 13.2 Å². The van der Waals surface area contributed by atoms with Crippen molar-refractivity contribution in [1.29, 1.82) is 0 Å². The molecule has 2 rings (SSSR count). The quantitative estimate of drug-likeness (QED) is 0.696. The lowest BCUT2D eigenvalue weighted by atomic mass is 10.1. The molecule has 0 saturated carbocycles. The number of Topliss-reactive ketones (excluding diaryl/α,β-unsaturated/α-hetero) is 1. The highest BCUT2D eigenvalue weighted by Crippen LogP contribution is 2.22. The van der Waals surface area contributed by atoms with Gasteiger partial charge in [-0.3, -0.25) is 4.79 Å². The number of rotatable bonds is 2. The normalized spacial score (nSPS) is 17.7. The standard InChI is InChI=1S/C12H14O3/c1-9(13)10-3-5-11(6-4-10)12-14-7-2-8-15-12/h3-6,12H,2,7-8H2,1H3. The molecular weight excluding hydrogens is 192 g/mol.